The quantitative estimate of drug-likeness (QED) is 0.623. The molecular formula is C10H12N2. The summed E-state index contributed by atoms with van der Waals surface area (Å²) in [6, 6.07) is 7.46. The number of nitrogens with two attached hydrogens (primary N) is 2. The maximum absolute atomic E-state index is 5.72. The first-order chi connectivity index (χ1) is 5.77. The highest BCUT2D eigenvalue weighted by molar-refractivity contribution is 5.36. The van der Waals surface area contributed by atoms with Crippen LogP contribution >= 0.6 is 0 Å². The Hall–Kier alpha value is -1.30. The molecule has 0 aliphatic carbocycles. The number of hydrogen-bond acceptors (Lipinski definition) is 2. The average molecular weight is 160 g/mol. The van der Waals surface area contributed by atoms with Crippen molar-refractivity contribution in [3.8, 4) is 12.3 Å². The molecule has 1 aromatic rings. The molecule has 0 radical (unpaired) electrons. The highest BCUT2D eigenvalue weighted by Crippen LogP contribution is 2.10. The Morgan fingerprint density at radius 2 is 2.25 bits per heavy atom. The van der Waals surface area contributed by atoms with Crippen LogP contribution in [0.25, 0.3) is 0 Å². The minimum Gasteiger partial charge on any atom is -0.329 e. The highest BCUT2D eigenvalue weighted by Gasteiger charge is 2.02. The van der Waals surface area contributed by atoms with E-state index in [1.54, 1.807) is 0 Å². The van der Waals surface area contributed by atoms with Crippen molar-refractivity contribution in [2.45, 2.75) is 6.04 Å². The molecule has 0 saturated heterocycles. The maximum atomic E-state index is 5.72. The van der Waals surface area contributed by atoms with E-state index in [9.17, 15) is 0 Å². The van der Waals surface area contributed by atoms with Gasteiger partial charge in [-0.25, -0.2) is 0 Å². The van der Waals surface area contributed by atoms with Crippen LogP contribution in [-0.2, 0) is 0 Å². The third kappa shape index (κ3) is 1.85. The lowest BCUT2D eigenvalue weighted by Crippen LogP contribution is -2.20. The zero-order valence-electron chi connectivity index (χ0n) is 6.83. The largest absolute Gasteiger partial charge is 0.329 e. The first kappa shape index (κ1) is 8.79. The van der Waals surface area contributed by atoms with Crippen molar-refractivity contribution in [2.75, 3.05) is 6.54 Å². The van der Waals surface area contributed by atoms with Crippen LogP contribution in [0.4, 0.5) is 0 Å². The summed E-state index contributed by atoms with van der Waals surface area (Å²) >= 11 is 0. The third-order valence-electron chi connectivity index (χ3n) is 1.74. The molecule has 12 heavy (non-hydrogen) atoms. The van der Waals surface area contributed by atoms with E-state index in [4.69, 9.17) is 17.9 Å². The Morgan fingerprint density at radius 3 is 2.83 bits per heavy atom. The van der Waals surface area contributed by atoms with Crippen LogP contribution in [0.5, 0.6) is 0 Å². The molecule has 2 heteroatoms. The first-order valence-corrected chi connectivity index (χ1v) is 3.80. The molecule has 0 fully saturated rings. The standard InChI is InChI=1S/C10H12N2/c1-2-8-4-3-5-9(6-8)10(12)7-11/h1,3-6,10H,7,11-12H2. The van der Waals surface area contributed by atoms with E-state index < -0.39 is 0 Å². The van der Waals surface area contributed by atoms with Crippen molar-refractivity contribution < 1.29 is 0 Å². The number of terminal acetylenes is 1. The predicted octanol–water partition coefficient (Wildman–Crippen LogP) is 0.626. The fraction of sp³-hybridized carbons (Fsp3) is 0.200. The van der Waals surface area contributed by atoms with Gasteiger partial charge in [-0.2, -0.15) is 0 Å². The van der Waals surface area contributed by atoms with E-state index in [0.717, 1.165) is 11.1 Å². The summed E-state index contributed by atoms with van der Waals surface area (Å²) in [6.07, 6.45) is 5.24. The van der Waals surface area contributed by atoms with Crippen molar-refractivity contribution >= 4 is 0 Å². The Bertz CT molecular complexity index is 299. The lowest BCUT2D eigenvalue weighted by Gasteiger charge is -2.08. The lowest BCUT2D eigenvalue weighted by atomic mass is 10.1. The Morgan fingerprint density at radius 1 is 1.50 bits per heavy atom. The molecule has 1 aromatic carbocycles. The molecule has 0 aliphatic rings. The maximum Gasteiger partial charge on any atom is 0.0419 e. The minimum absolute atomic E-state index is 0.113. The number of rotatable bonds is 2. The molecule has 0 aromatic heterocycles. The Balaban J connectivity index is 2.95. The smallest absolute Gasteiger partial charge is 0.0419 e. The summed E-state index contributed by atoms with van der Waals surface area (Å²) in [4.78, 5) is 0. The summed E-state index contributed by atoms with van der Waals surface area (Å²) in [5.74, 6) is 2.55. The van der Waals surface area contributed by atoms with Gasteiger partial charge in [0.15, 0.2) is 0 Å². The Labute approximate surface area is 72.6 Å². The topological polar surface area (TPSA) is 52.0 Å². The van der Waals surface area contributed by atoms with Crippen molar-refractivity contribution in [1.29, 1.82) is 0 Å². The molecule has 4 N–H and O–H groups in total. The molecule has 0 spiro atoms. The molecule has 62 valence electrons. The zero-order chi connectivity index (χ0) is 8.97. The summed E-state index contributed by atoms with van der Waals surface area (Å²) in [5, 5.41) is 0. The third-order valence-corrected chi connectivity index (χ3v) is 1.74. The molecular weight excluding hydrogens is 148 g/mol. The van der Waals surface area contributed by atoms with Gasteiger partial charge in [-0.15, -0.1) is 6.42 Å². The normalized spacial score (nSPS) is 12.1. The van der Waals surface area contributed by atoms with Gasteiger partial charge in [0.25, 0.3) is 0 Å². The fourth-order valence-corrected chi connectivity index (χ4v) is 0.995. The van der Waals surface area contributed by atoms with Crippen LogP contribution in [-0.4, -0.2) is 6.54 Å². The van der Waals surface area contributed by atoms with Gasteiger partial charge in [0.05, 0.1) is 0 Å². The predicted molar refractivity (Wildman–Crippen MR) is 50.4 cm³/mol. The molecule has 1 rings (SSSR count). The van der Waals surface area contributed by atoms with Gasteiger partial charge in [-0.05, 0) is 17.7 Å². The first-order valence-electron chi connectivity index (χ1n) is 3.80. The average Bonchev–Trinajstić information content (AvgIpc) is 2.17. The molecule has 1 atom stereocenters. The van der Waals surface area contributed by atoms with Gasteiger partial charge >= 0.3 is 0 Å². The molecule has 0 saturated carbocycles. The van der Waals surface area contributed by atoms with Crippen LogP contribution in [0.15, 0.2) is 24.3 Å². The highest BCUT2D eigenvalue weighted by atomic mass is 14.7. The molecule has 0 heterocycles. The minimum atomic E-state index is -0.113. The summed E-state index contributed by atoms with van der Waals surface area (Å²) < 4.78 is 0. The summed E-state index contributed by atoms with van der Waals surface area (Å²) in [6.45, 7) is 0.439. The van der Waals surface area contributed by atoms with Crippen LogP contribution in [0.3, 0.4) is 0 Å². The van der Waals surface area contributed by atoms with Crippen molar-refractivity contribution in [3.05, 3.63) is 35.4 Å². The second-order valence-corrected chi connectivity index (χ2v) is 2.61. The van der Waals surface area contributed by atoms with Gasteiger partial charge < -0.3 is 11.5 Å². The molecule has 0 bridgehead atoms. The van der Waals surface area contributed by atoms with Gasteiger partial charge in [0, 0.05) is 18.2 Å². The van der Waals surface area contributed by atoms with Crippen LogP contribution in [0.1, 0.15) is 17.2 Å². The van der Waals surface area contributed by atoms with E-state index in [2.05, 4.69) is 5.92 Å². The summed E-state index contributed by atoms with van der Waals surface area (Å²) in [7, 11) is 0. The monoisotopic (exact) mass is 160 g/mol. The van der Waals surface area contributed by atoms with Crippen LogP contribution < -0.4 is 11.5 Å². The van der Waals surface area contributed by atoms with E-state index in [1.807, 2.05) is 24.3 Å². The van der Waals surface area contributed by atoms with Gasteiger partial charge in [0.1, 0.15) is 0 Å². The molecule has 0 aliphatic heterocycles. The zero-order valence-corrected chi connectivity index (χ0v) is 6.83. The number of hydrogen-bond donors (Lipinski definition) is 2. The number of benzene rings is 1. The van der Waals surface area contributed by atoms with Crippen molar-refractivity contribution in [2.24, 2.45) is 11.5 Å². The van der Waals surface area contributed by atoms with Crippen LogP contribution in [0.2, 0.25) is 0 Å². The summed E-state index contributed by atoms with van der Waals surface area (Å²) in [5.41, 5.74) is 13.0. The van der Waals surface area contributed by atoms with Crippen molar-refractivity contribution in [1.82, 2.24) is 0 Å². The van der Waals surface area contributed by atoms with E-state index in [-0.39, 0.29) is 6.04 Å². The molecule has 1 unspecified atom stereocenters. The second-order valence-electron chi connectivity index (χ2n) is 2.61. The van der Waals surface area contributed by atoms with Gasteiger partial charge in [-0.3, -0.25) is 0 Å². The molecule has 2 nitrogen and oxygen atoms in total. The second kappa shape index (κ2) is 3.91. The fourth-order valence-electron chi connectivity index (χ4n) is 0.995. The van der Waals surface area contributed by atoms with E-state index in [0.29, 0.717) is 6.54 Å². The van der Waals surface area contributed by atoms with Gasteiger partial charge in [0.2, 0.25) is 0 Å². The molecule has 0 amide bonds. The van der Waals surface area contributed by atoms with Gasteiger partial charge in [-0.1, -0.05) is 18.1 Å². The Kier molecular flexibility index (Phi) is 2.87. The lowest BCUT2D eigenvalue weighted by molar-refractivity contribution is 0.737. The SMILES string of the molecule is C#Cc1cccc(C(N)CN)c1. The van der Waals surface area contributed by atoms with E-state index >= 15 is 0 Å². The van der Waals surface area contributed by atoms with E-state index in [1.165, 1.54) is 0 Å². The van der Waals surface area contributed by atoms with Crippen molar-refractivity contribution in [3.63, 3.8) is 0 Å². The van der Waals surface area contributed by atoms with Crippen LogP contribution in [0, 0.1) is 12.3 Å².